The summed E-state index contributed by atoms with van der Waals surface area (Å²) in [6.07, 6.45) is 2.99. The predicted molar refractivity (Wildman–Crippen MR) is 39.6 cm³/mol. The van der Waals surface area contributed by atoms with Gasteiger partial charge in [-0.05, 0) is 18.8 Å². The summed E-state index contributed by atoms with van der Waals surface area (Å²) in [6, 6.07) is 0. The Kier molecular flexibility index (Phi) is 2.69. The summed E-state index contributed by atoms with van der Waals surface area (Å²) in [5, 5.41) is 18.6. The molecular formula is C8H16O2. The molecule has 10 heavy (non-hydrogen) atoms. The van der Waals surface area contributed by atoms with E-state index in [0.717, 1.165) is 25.7 Å². The fourth-order valence-corrected chi connectivity index (χ4v) is 1.69. The largest absolute Gasteiger partial charge is 0.390 e. The van der Waals surface area contributed by atoms with Crippen LogP contribution in [0, 0.1) is 5.92 Å². The van der Waals surface area contributed by atoms with Gasteiger partial charge in [-0.15, -0.1) is 0 Å². The molecule has 2 N–H and O–H groups in total. The van der Waals surface area contributed by atoms with Crippen LogP contribution in [-0.4, -0.2) is 22.4 Å². The lowest BCUT2D eigenvalue weighted by atomic mass is 9.83. The second-order valence-corrected chi connectivity index (χ2v) is 3.16. The van der Waals surface area contributed by atoms with E-state index < -0.39 is 12.2 Å². The molecule has 1 fully saturated rings. The molecule has 1 saturated carbocycles. The average molecular weight is 144 g/mol. The summed E-state index contributed by atoms with van der Waals surface area (Å²) in [5.41, 5.74) is 0. The maximum Gasteiger partial charge on any atom is 0.0827 e. The summed E-state index contributed by atoms with van der Waals surface area (Å²) >= 11 is 0. The van der Waals surface area contributed by atoms with Crippen LogP contribution in [0.5, 0.6) is 0 Å². The van der Waals surface area contributed by atoms with Crippen molar-refractivity contribution in [1.29, 1.82) is 0 Å². The van der Waals surface area contributed by atoms with Gasteiger partial charge < -0.3 is 10.2 Å². The average Bonchev–Trinajstić information content (AvgIpc) is 1.95. The first-order chi connectivity index (χ1) is 4.75. The minimum Gasteiger partial charge on any atom is -0.390 e. The molecule has 0 aromatic rings. The molecule has 0 bridgehead atoms. The van der Waals surface area contributed by atoms with Gasteiger partial charge in [-0.1, -0.05) is 19.8 Å². The Morgan fingerprint density at radius 1 is 1.30 bits per heavy atom. The van der Waals surface area contributed by atoms with E-state index in [2.05, 4.69) is 6.92 Å². The molecular weight excluding hydrogens is 128 g/mol. The van der Waals surface area contributed by atoms with Crippen molar-refractivity contribution in [3.8, 4) is 0 Å². The Balaban J connectivity index is 2.42. The highest BCUT2D eigenvalue weighted by molar-refractivity contribution is 4.80. The van der Waals surface area contributed by atoms with E-state index in [-0.39, 0.29) is 0 Å². The maximum absolute atomic E-state index is 9.39. The number of aliphatic hydroxyl groups excluding tert-OH is 2. The zero-order valence-electron chi connectivity index (χ0n) is 6.45. The highest BCUT2D eigenvalue weighted by Crippen LogP contribution is 2.26. The Morgan fingerprint density at radius 3 is 2.50 bits per heavy atom. The van der Waals surface area contributed by atoms with E-state index in [4.69, 9.17) is 0 Å². The molecule has 1 rings (SSSR count). The molecule has 2 nitrogen and oxygen atoms in total. The van der Waals surface area contributed by atoms with E-state index >= 15 is 0 Å². The first kappa shape index (κ1) is 8.02. The van der Waals surface area contributed by atoms with E-state index in [9.17, 15) is 10.2 Å². The molecule has 0 aromatic heterocycles. The Labute approximate surface area is 61.9 Å². The number of rotatable bonds is 1. The highest BCUT2D eigenvalue weighted by atomic mass is 16.3. The van der Waals surface area contributed by atoms with Gasteiger partial charge in [0.25, 0.3) is 0 Å². The van der Waals surface area contributed by atoms with E-state index in [0.29, 0.717) is 5.92 Å². The molecule has 1 aliphatic carbocycles. The van der Waals surface area contributed by atoms with Crippen molar-refractivity contribution in [3.63, 3.8) is 0 Å². The summed E-state index contributed by atoms with van der Waals surface area (Å²) in [4.78, 5) is 0. The molecule has 0 saturated heterocycles. The van der Waals surface area contributed by atoms with E-state index in [1.807, 2.05) is 0 Å². The topological polar surface area (TPSA) is 40.5 Å². The van der Waals surface area contributed by atoms with Gasteiger partial charge in [0.05, 0.1) is 12.2 Å². The Hall–Kier alpha value is -0.0800. The standard InChI is InChI=1S/C8H16O2/c1-2-6-4-3-5-7(9)8(6)10/h6-10H,2-5H2,1H3. The van der Waals surface area contributed by atoms with Crippen molar-refractivity contribution in [1.82, 2.24) is 0 Å². The normalized spacial score (nSPS) is 41.7. The van der Waals surface area contributed by atoms with Gasteiger partial charge in [-0.25, -0.2) is 0 Å². The lowest BCUT2D eigenvalue weighted by Crippen LogP contribution is -2.36. The van der Waals surface area contributed by atoms with Crippen molar-refractivity contribution in [2.75, 3.05) is 0 Å². The quantitative estimate of drug-likeness (QED) is 0.574. The molecule has 0 radical (unpaired) electrons. The minimum atomic E-state index is -0.460. The fraction of sp³-hybridized carbons (Fsp3) is 1.00. The minimum absolute atomic E-state index is 0.337. The van der Waals surface area contributed by atoms with Crippen LogP contribution in [0.3, 0.4) is 0 Å². The fourth-order valence-electron chi connectivity index (χ4n) is 1.69. The molecule has 0 amide bonds. The van der Waals surface area contributed by atoms with Gasteiger partial charge in [-0.2, -0.15) is 0 Å². The third kappa shape index (κ3) is 1.50. The van der Waals surface area contributed by atoms with Gasteiger partial charge in [0.1, 0.15) is 0 Å². The maximum atomic E-state index is 9.39. The van der Waals surface area contributed by atoms with Crippen molar-refractivity contribution in [2.24, 2.45) is 5.92 Å². The van der Waals surface area contributed by atoms with Crippen molar-refractivity contribution in [2.45, 2.75) is 44.8 Å². The smallest absolute Gasteiger partial charge is 0.0827 e. The second kappa shape index (κ2) is 3.35. The lowest BCUT2D eigenvalue weighted by molar-refractivity contribution is -0.0453. The van der Waals surface area contributed by atoms with Gasteiger partial charge in [0, 0.05) is 0 Å². The molecule has 1 aliphatic rings. The zero-order chi connectivity index (χ0) is 7.56. The van der Waals surface area contributed by atoms with E-state index in [1.165, 1.54) is 0 Å². The van der Waals surface area contributed by atoms with Gasteiger partial charge in [0.15, 0.2) is 0 Å². The molecule has 0 aliphatic heterocycles. The van der Waals surface area contributed by atoms with Crippen LogP contribution in [0.4, 0.5) is 0 Å². The predicted octanol–water partition coefficient (Wildman–Crippen LogP) is 0.918. The van der Waals surface area contributed by atoms with Crippen molar-refractivity contribution >= 4 is 0 Å². The van der Waals surface area contributed by atoms with Crippen LogP contribution >= 0.6 is 0 Å². The summed E-state index contributed by atoms with van der Waals surface area (Å²) in [5.74, 6) is 0.337. The van der Waals surface area contributed by atoms with Crippen LogP contribution in [0.15, 0.2) is 0 Å². The van der Waals surface area contributed by atoms with Crippen LogP contribution in [0.2, 0.25) is 0 Å². The van der Waals surface area contributed by atoms with Crippen molar-refractivity contribution in [3.05, 3.63) is 0 Å². The molecule has 0 heterocycles. The first-order valence-corrected chi connectivity index (χ1v) is 4.11. The van der Waals surface area contributed by atoms with Crippen LogP contribution in [0.25, 0.3) is 0 Å². The summed E-state index contributed by atoms with van der Waals surface area (Å²) in [6.45, 7) is 2.06. The van der Waals surface area contributed by atoms with Crippen molar-refractivity contribution < 1.29 is 10.2 Å². The second-order valence-electron chi connectivity index (χ2n) is 3.16. The van der Waals surface area contributed by atoms with E-state index in [1.54, 1.807) is 0 Å². The van der Waals surface area contributed by atoms with Gasteiger partial charge in [0.2, 0.25) is 0 Å². The third-order valence-corrected chi connectivity index (χ3v) is 2.48. The monoisotopic (exact) mass is 144 g/mol. The van der Waals surface area contributed by atoms with Crippen LogP contribution < -0.4 is 0 Å². The molecule has 3 atom stereocenters. The Morgan fingerprint density at radius 2 is 2.00 bits per heavy atom. The molecule has 0 aromatic carbocycles. The lowest BCUT2D eigenvalue weighted by Gasteiger charge is -2.30. The number of aliphatic hydroxyl groups is 2. The number of hydrogen-bond donors (Lipinski definition) is 2. The van der Waals surface area contributed by atoms with Gasteiger partial charge in [-0.3, -0.25) is 0 Å². The van der Waals surface area contributed by atoms with Crippen LogP contribution in [-0.2, 0) is 0 Å². The Bertz CT molecular complexity index is 103. The SMILES string of the molecule is CCC1CCCC(O)C1O. The highest BCUT2D eigenvalue weighted by Gasteiger charge is 2.28. The summed E-state index contributed by atoms with van der Waals surface area (Å²) in [7, 11) is 0. The summed E-state index contributed by atoms with van der Waals surface area (Å²) < 4.78 is 0. The zero-order valence-corrected chi connectivity index (χ0v) is 6.45. The molecule has 2 heteroatoms. The molecule has 60 valence electrons. The molecule has 3 unspecified atom stereocenters. The van der Waals surface area contributed by atoms with Gasteiger partial charge >= 0.3 is 0 Å². The third-order valence-electron chi connectivity index (χ3n) is 2.48. The first-order valence-electron chi connectivity index (χ1n) is 4.11. The molecule has 0 spiro atoms. The van der Waals surface area contributed by atoms with Crippen LogP contribution in [0.1, 0.15) is 32.6 Å². The number of hydrogen-bond acceptors (Lipinski definition) is 2.